The average Bonchev–Trinajstić information content (AvgIpc) is 3.27. The summed E-state index contributed by atoms with van der Waals surface area (Å²) in [5.74, 6) is -1.94. The quantitative estimate of drug-likeness (QED) is 0.415. The fraction of sp³-hybridized carbons (Fsp3) is 0.792. The van der Waals surface area contributed by atoms with Gasteiger partial charge in [-0.15, -0.1) is 18.3 Å². The van der Waals surface area contributed by atoms with Crippen LogP contribution in [0.25, 0.3) is 0 Å². The van der Waals surface area contributed by atoms with Gasteiger partial charge in [-0.3, -0.25) is 14.4 Å². The lowest BCUT2D eigenvalue weighted by molar-refractivity contribution is -0.155. The number of amides is 2. The predicted molar refractivity (Wildman–Crippen MR) is 125 cm³/mol. The lowest BCUT2D eigenvalue weighted by Gasteiger charge is -2.41. The number of hydrogen-bond acceptors (Lipinski definition) is 6. The molecule has 1 N–H and O–H groups in total. The highest BCUT2D eigenvalue weighted by molar-refractivity contribution is 8.02. The maximum absolute atomic E-state index is 14.1. The normalized spacial score (nSPS) is 34.2. The van der Waals surface area contributed by atoms with Crippen LogP contribution in [-0.4, -0.2) is 80.1 Å². The Hall–Kier alpha value is -1.54. The number of ether oxygens (including phenoxy) is 1. The molecule has 1 spiro atoms. The van der Waals surface area contributed by atoms with E-state index in [4.69, 9.17) is 4.74 Å². The van der Waals surface area contributed by atoms with Gasteiger partial charge in [0.1, 0.15) is 6.04 Å². The molecule has 6 atom stereocenters. The van der Waals surface area contributed by atoms with Gasteiger partial charge in [-0.1, -0.05) is 19.9 Å². The molecular weight excluding hydrogens is 428 g/mol. The predicted octanol–water partition coefficient (Wildman–Crippen LogP) is 2.47. The average molecular weight is 467 g/mol. The number of thioether (sulfide) groups is 1. The summed E-state index contributed by atoms with van der Waals surface area (Å²) >= 11 is 1.63. The highest BCUT2D eigenvalue weighted by Crippen LogP contribution is 2.71. The molecule has 2 unspecified atom stereocenters. The Kier molecular flexibility index (Phi) is 7.06. The van der Waals surface area contributed by atoms with Crippen molar-refractivity contribution >= 4 is 29.5 Å². The van der Waals surface area contributed by atoms with Gasteiger partial charge in [-0.25, -0.2) is 0 Å². The Labute approximate surface area is 195 Å². The van der Waals surface area contributed by atoms with Crippen molar-refractivity contribution < 1.29 is 24.2 Å². The summed E-state index contributed by atoms with van der Waals surface area (Å²) in [6, 6.07) is -1.29. The summed E-state index contributed by atoms with van der Waals surface area (Å²) in [4.78, 5) is 44.5. The Bertz CT molecular complexity index is 786. The fourth-order valence-electron chi connectivity index (χ4n) is 6.06. The second-order valence-corrected chi connectivity index (χ2v) is 12.0. The van der Waals surface area contributed by atoms with E-state index in [2.05, 4.69) is 6.58 Å². The zero-order valence-electron chi connectivity index (χ0n) is 20.2. The molecule has 0 saturated carbocycles. The second kappa shape index (κ2) is 9.01. The summed E-state index contributed by atoms with van der Waals surface area (Å²) < 4.78 is 4.27. The number of nitrogens with zero attached hydrogens (tertiary/aromatic N) is 2. The largest absolute Gasteiger partial charge is 0.466 e. The Morgan fingerprint density at radius 1 is 1.34 bits per heavy atom. The zero-order chi connectivity index (χ0) is 24.0. The van der Waals surface area contributed by atoms with Crippen molar-refractivity contribution in [1.29, 1.82) is 0 Å². The van der Waals surface area contributed by atoms with E-state index in [-0.39, 0.29) is 43.0 Å². The monoisotopic (exact) mass is 466 g/mol. The number of likely N-dealkylation sites (tertiary alicyclic amines) is 1. The van der Waals surface area contributed by atoms with E-state index in [1.807, 2.05) is 34.6 Å². The van der Waals surface area contributed by atoms with Crippen LogP contribution in [0.3, 0.4) is 0 Å². The highest BCUT2D eigenvalue weighted by Gasteiger charge is 2.78. The Morgan fingerprint density at radius 3 is 2.50 bits per heavy atom. The van der Waals surface area contributed by atoms with E-state index < -0.39 is 33.4 Å². The van der Waals surface area contributed by atoms with E-state index in [0.717, 1.165) is 6.42 Å². The number of hydrogen-bond donors (Lipinski definition) is 1. The molecule has 0 aromatic rings. The van der Waals surface area contributed by atoms with Crippen molar-refractivity contribution in [3.63, 3.8) is 0 Å². The number of carbonyl (C=O) groups excluding carboxylic acids is 3. The van der Waals surface area contributed by atoms with Gasteiger partial charge in [0.25, 0.3) is 0 Å². The third-order valence-electron chi connectivity index (χ3n) is 7.54. The summed E-state index contributed by atoms with van der Waals surface area (Å²) in [6.07, 6.45) is 3.13. The molecule has 0 aromatic heterocycles. The molecular formula is C24H38N2O5S. The lowest BCUT2D eigenvalue weighted by atomic mass is 9.66. The van der Waals surface area contributed by atoms with E-state index in [1.54, 1.807) is 34.6 Å². The van der Waals surface area contributed by atoms with Crippen molar-refractivity contribution in [3.05, 3.63) is 12.7 Å². The molecule has 0 aromatic carbocycles. The van der Waals surface area contributed by atoms with Gasteiger partial charge < -0.3 is 19.6 Å². The molecule has 3 aliphatic rings. The van der Waals surface area contributed by atoms with Crippen LogP contribution in [0.5, 0.6) is 0 Å². The van der Waals surface area contributed by atoms with Crippen molar-refractivity contribution in [2.75, 3.05) is 19.8 Å². The maximum Gasteiger partial charge on any atom is 0.311 e. The van der Waals surface area contributed by atoms with E-state index in [1.165, 1.54) is 0 Å². The van der Waals surface area contributed by atoms with Crippen molar-refractivity contribution in [2.24, 2.45) is 17.8 Å². The van der Waals surface area contributed by atoms with Crippen LogP contribution in [0.4, 0.5) is 0 Å². The summed E-state index contributed by atoms with van der Waals surface area (Å²) in [5.41, 5.74) is 0. The molecule has 3 aliphatic heterocycles. The molecule has 180 valence electrons. The minimum absolute atomic E-state index is 0.0415. The van der Waals surface area contributed by atoms with E-state index >= 15 is 0 Å². The maximum atomic E-state index is 14.1. The van der Waals surface area contributed by atoms with Gasteiger partial charge in [0.15, 0.2) is 0 Å². The molecule has 32 heavy (non-hydrogen) atoms. The van der Waals surface area contributed by atoms with Crippen molar-refractivity contribution in [1.82, 2.24) is 9.80 Å². The third-order valence-corrected chi connectivity index (χ3v) is 9.52. The third kappa shape index (κ3) is 3.58. The Balaban J connectivity index is 2.16. The van der Waals surface area contributed by atoms with Gasteiger partial charge in [0.2, 0.25) is 11.8 Å². The molecule has 7 nitrogen and oxygen atoms in total. The summed E-state index contributed by atoms with van der Waals surface area (Å²) in [5, 5.41) is 10.2. The fourth-order valence-corrected chi connectivity index (χ4v) is 8.39. The van der Waals surface area contributed by atoms with Crippen LogP contribution in [-0.2, 0) is 19.1 Å². The van der Waals surface area contributed by atoms with Gasteiger partial charge in [-0.05, 0) is 46.5 Å². The summed E-state index contributed by atoms with van der Waals surface area (Å²) in [7, 11) is 0. The highest BCUT2D eigenvalue weighted by atomic mass is 32.2. The minimum atomic E-state index is -0.729. The molecule has 8 heteroatoms. The van der Waals surface area contributed by atoms with Crippen LogP contribution in [0.15, 0.2) is 12.7 Å². The zero-order valence-corrected chi connectivity index (χ0v) is 21.0. The first-order chi connectivity index (χ1) is 15.0. The van der Waals surface area contributed by atoms with E-state index in [9.17, 15) is 19.5 Å². The van der Waals surface area contributed by atoms with Gasteiger partial charge in [0, 0.05) is 17.3 Å². The molecule has 3 rings (SSSR count). The van der Waals surface area contributed by atoms with E-state index in [0.29, 0.717) is 13.0 Å². The number of rotatable bonds is 9. The molecule has 0 radical (unpaired) electrons. The van der Waals surface area contributed by atoms with Crippen LogP contribution in [0, 0.1) is 17.8 Å². The number of aliphatic hydroxyl groups is 1. The van der Waals surface area contributed by atoms with Gasteiger partial charge in [-0.2, -0.15) is 0 Å². The lowest BCUT2D eigenvalue weighted by Crippen LogP contribution is -2.59. The van der Waals surface area contributed by atoms with Crippen LogP contribution in [0.1, 0.15) is 54.4 Å². The SMILES string of the molecule is C=CCN(C(=O)C1N([C@@H](CO)C(C)C)C(=O)[C@@H]2[C@H](C(=O)OCC)[C@]3(C)CCC12S3)C(C)C. The van der Waals surface area contributed by atoms with Gasteiger partial charge in [0.05, 0.1) is 35.8 Å². The molecule has 0 aliphatic carbocycles. The minimum Gasteiger partial charge on any atom is -0.466 e. The second-order valence-electron chi connectivity index (χ2n) is 10.1. The first-order valence-electron chi connectivity index (χ1n) is 11.7. The number of fused-ring (bicyclic) bond motifs is 1. The van der Waals surface area contributed by atoms with Crippen LogP contribution in [0.2, 0.25) is 0 Å². The first kappa shape index (κ1) is 25.1. The van der Waals surface area contributed by atoms with Gasteiger partial charge >= 0.3 is 5.97 Å². The first-order valence-corrected chi connectivity index (χ1v) is 12.5. The van der Waals surface area contributed by atoms with Crippen molar-refractivity contribution in [2.45, 2.75) is 82.0 Å². The molecule has 3 saturated heterocycles. The smallest absolute Gasteiger partial charge is 0.311 e. The van der Waals surface area contributed by atoms with Crippen LogP contribution < -0.4 is 0 Å². The number of esters is 1. The molecule has 2 amide bonds. The molecule has 3 fully saturated rings. The molecule has 2 bridgehead atoms. The number of carbonyl (C=O) groups is 3. The van der Waals surface area contributed by atoms with Crippen LogP contribution >= 0.6 is 11.8 Å². The summed E-state index contributed by atoms with van der Waals surface area (Å²) in [6.45, 7) is 15.8. The standard InChI is InChI=1S/C24H38N2O5S/c1-8-12-25(15(5)6)21(29)19-24-11-10-23(7,32-24)18(22(30)31-9-2)17(24)20(28)26(19)16(13-27)14(3)4/h8,14-19,27H,1,9-13H2,2-7H3/t16-,17-,18+,19?,23-,24?/m0/s1. The Morgan fingerprint density at radius 2 is 2.00 bits per heavy atom. The number of aliphatic hydroxyl groups excluding tert-OH is 1. The topological polar surface area (TPSA) is 87.2 Å². The van der Waals surface area contributed by atoms with Crippen molar-refractivity contribution in [3.8, 4) is 0 Å². The molecule has 3 heterocycles.